The molecule has 7 nitrogen and oxygen atoms in total. The molecule has 2 aromatic heterocycles. The van der Waals surface area contributed by atoms with Crippen LogP contribution in [0.1, 0.15) is 24.5 Å². The fraction of sp³-hybridized carbons (Fsp3) is 0.562. The molecular formula is C16H26Cl2N6OS. The van der Waals surface area contributed by atoms with Crippen molar-refractivity contribution in [2.45, 2.75) is 30.5 Å². The Labute approximate surface area is 170 Å². The third-order valence-corrected chi connectivity index (χ3v) is 5.25. The van der Waals surface area contributed by atoms with Crippen LogP contribution in [0.2, 0.25) is 0 Å². The molecular weight excluding hydrogens is 395 g/mol. The maximum absolute atomic E-state index is 12.2. The molecule has 0 radical (unpaired) electrons. The van der Waals surface area contributed by atoms with Gasteiger partial charge in [0.1, 0.15) is 6.54 Å². The number of thioether (sulfide) groups is 1. The maximum atomic E-state index is 12.2. The minimum atomic E-state index is 0. The Kier molecular flexibility index (Phi) is 10.1. The zero-order valence-electron chi connectivity index (χ0n) is 14.8. The normalized spacial score (nSPS) is 16.4. The van der Waals surface area contributed by atoms with E-state index in [4.69, 9.17) is 0 Å². The third kappa shape index (κ3) is 6.19. The van der Waals surface area contributed by atoms with Crippen molar-refractivity contribution in [1.29, 1.82) is 0 Å². The van der Waals surface area contributed by atoms with Gasteiger partial charge >= 0.3 is 0 Å². The SMILES string of the molecule is Cl.Cl.Cn1ccnc1SCCNC(=O)Cn1nccc1C1CCCNC1. The quantitative estimate of drug-likeness (QED) is 0.527. The van der Waals surface area contributed by atoms with E-state index in [2.05, 4.69) is 20.7 Å². The van der Waals surface area contributed by atoms with Crippen molar-refractivity contribution in [3.8, 4) is 0 Å². The molecule has 0 bridgehead atoms. The Balaban J connectivity index is 0.00000169. The van der Waals surface area contributed by atoms with Crippen LogP contribution < -0.4 is 10.6 Å². The lowest BCUT2D eigenvalue weighted by Crippen LogP contribution is -2.33. The minimum absolute atomic E-state index is 0. The molecule has 1 aliphatic rings. The zero-order valence-corrected chi connectivity index (χ0v) is 17.2. The molecule has 1 atom stereocenters. The average Bonchev–Trinajstić information content (AvgIpc) is 3.21. The molecule has 0 aliphatic carbocycles. The van der Waals surface area contributed by atoms with Gasteiger partial charge in [-0.05, 0) is 25.5 Å². The van der Waals surface area contributed by atoms with Crippen molar-refractivity contribution < 1.29 is 4.79 Å². The number of nitrogens with zero attached hydrogens (tertiary/aromatic N) is 4. The molecule has 146 valence electrons. The number of rotatable bonds is 7. The van der Waals surface area contributed by atoms with Crippen LogP contribution in [0.5, 0.6) is 0 Å². The highest BCUT2D eigenvalue weighted by atomic mass is 35.5. The van der Waals surface area contributed by atoms with Crippen LogP contribution in [0.25, 0.3) is 0 Å². The number of amides is 1. The van der Waals surface area contributed by atoms with Gasteiger partial charge in [0.25, 0.3) is 0 Å². The highest BCUT2D eigenvalue weighted by Crippen LogP contribution is 2.22. The predicted molar refractivity (Wildman–Crippen MR) is 109 cm³/mol. The molecule has 1 saturated heterocycles. The molecule has 1 amide bonds. The molecule has 26 heavy (non-hydrogen) atoms. The summed E-state index contributed by atoms with van der Waals surface area (Å²) in [6.45, 7) is 2.95. The summed E-state index contributed by atoms with van der Waals surface area (Å²) in [7, 11) is 1.97. The Morgan fingerprint density at radius 2 is 2.27 bits per heavy atom. The van der Waals surface area contributed by atoms with Crippen LogP contribution in [0.4, 0.5) is 0 Å². The van der Waals surface area contributed by atoms with Crippen LogP contribution in [-0.2, 0) is 18.4 Å². The third-order valence-electron chi connectivity index (χ3n) is 4.19. The number of hydrogen-bond donors (Lipinski definition) is 2. The van der Waals surface area contributed by atoms with Crippen LogP contribution >= 0.6 is 36.6 Å². The molecule has 1 aliphatic heterocycles. The molecule has 10 heteroatoms. The summed E-state index contributed by atoms with van der Waals surface area (Å²) in [6.07, 6.45) is 7.81. The van der Waals surface area contributed by atoms with Crippen molar-refractivity contribution in [2.24, 2.45) is 7.05 Å². The molecule has 1 fully saturated rings. The van der Waals surface area contributed by atoms with Gasteiger partial charge in [-0.15, -0.1) is 24.8 Å². The molecule has 2 aromatic rings. The van der Waals surface area contributed by atoms with Crippen LogP contribution in [0, 0.1) is 0 Å². The lowest BCUT2D eigenvalue weighted by molar-refractivity contribution is -0.121. The number of nitrogens with one attached hydrogen (secondary N) is 2. The van der Waals surface area contributed by atoms with Crippen LogP contribution in [-0.4, -0.2) is 50.6 Å². The largest absolute Gasteiger partial charge is 0.354 e. The summed E-state index contributed by atoms with van der Waals surface area (Å²) < 4.78 is 3.81. The van der Waals surface area contributed by atoms with Gasteiger partial charge in [-0.3, -0.25) is 9.48 Å². The second-order valence-corrected chi connectivity index (χ2v) is 7.04. The summed E-state index contributed by atoms with van der Waals surface area (Å²) in [4.78, 5) is 16.4. The van der Waals surface area contributed by atoms with E-state index >= 15 is 0 Å². The van der Waals surface area contributed by atoms with E-state index in [9.17, 15) is 4.79 Å². The van der Waals surface area contributed by atoms with E-state index in [1.165, 1.54) is 6.42 Å². The second kappa shape index (κ2) is 11.5. The number of carbonyl (C=O) groups is 1. The van der Waals surface area contributed by atoms with Crippen molar-refractivity contribution in [3.63, 3.8) is 0 Å². The van der Waals surface area contributed by atoms with Gasteiger partial charge in [-0.1, -0.05) is 11.8 Å². The Morgan fingerprint density at radius 1 is 1.42 bits per heavy atom. The number of hydrogen-bond acceptors (Lipinski definition) is 5. The number of aryl methyl sites for hydroxylation is 1. The molecule has 3 rings (SSSR count). The van der Waals surface area contributed by atoms with Crippen molar-refractivity contribution >= 4 is 42.5 Å². The first kappa shape index (κ1) is 22.8. The van der Waals surface area contributed by atoms with Gasteiger partial charge < -0.3 is 15.2 Å². The Hall–Kier alpha value is -1.22. The molecule has 0 aromatic carbocycles. The lowest BCUT2D eigenvalue weighted by atomic mass is 9.96. The second-order valence-electron chi connectivity index (χ2n) is 5.98. The maximum Gasteiger partial charge on any atom is 0.241 e. The van der Waals surface area contributed by atoms with Crippen LogP contribution in [0.3, 0.4) is 0 Å². The molecule has 1 unspecified atom stereocenters. The highest BCUT2D eigenvalue weighted by molar-refractivity contribution is 7.99. The van der Waals surface area contributed by atoms with Crippen molar-refractivity contribution in [2.75, 3.05) is 25.4 Å². The topological polar surface area (TPSA) is 76.8 Å². The number of imidazole rings is 1. The number of aromatic nitrogens is 4. The van der Waals surface area contributed by atoms with E-state index < -0.39 is 0 Å². The minimum Gasteiger partial charge on any atom is -0.354 e. The fourth-order valence-corrected chi connectivity index (χ4v) is 3.73. The van der Waals surface area contributed by atoms with Gasteiger partial charge in [0.05, 0.1) is 0 Å². The van der Waals surface area contributed by atoms with Crippen molar-refractivity contribution in [1.82, 2.24) is 30.0 Å². The van der Waals surface area contributed by atoms with Crippen molar-refractivity contribution in [3.05, 3.63) is 30.4 Å². The van der Waals surface area contributed by atoms with E-state index in [1.807, 2.05) is 28.6 Å². The van der Waals surface area contributed by atoms with E-state index in [0.717, 1.165) is 36.1 Å². The molecule has 2 N–H and O–H groups in total. The standard InChI is InChI=1S/C16H24N6OS.2ClH/c1-21-9-7-19-16(21)24-10-8-18-15(23)12-22-14(4-6-20-22)13-3-2-5-17-11-13;;/h4,6-7,9,13,17H,2-3,5,8,10-12H2,1H3,(H,18,23);2*1H. The smallest absolute Gasteiger partial charge is 0.241 e. The van der Waals surface area contributed by atoms with Gasteiger partial charge in [-0.25, -0.2) is 4.98 Å². The number of carbonyl (C=O) groups excluding carboxylic acids is 1. The van der Waals surface area contributed by atoms with E-state index in [1.54, 1.807) is 24.2 Å². The highest BCUT2D eigenvalue weighted by Gasteiger charge is 2.19. The predicted octanol–water partition coefficient (Wildman–Crippen LogP) is 1.84. The summed E-state index contributed by atoms with van der Waals surface area (Å²) >= 11 is 1.64. The first-order valence-electron chi connectivity index (χ1n) is 8.33. The number of piperidine rings is 1. The van der Waals surface area contributed by atoms with Gasteiger partial charge in [0.15, 0.2) is 5.16 Å². The summed E-state index contributed by atoms with van der Waals surface area (Å²) in [5.74, 6) is 1.26. The van der Waals surface area contributed by atoms with Gasteiger partial charge in [0, 0.05) is 56.1 Å². The first-order chi connectivity index (χ1) is 11.7. The van der Waals surface area contributed by atoms with E-state index in [-0.39, 0.29) is 37.3 Å². The number of halogens is 2. The van der Waals surface area contributed by atoms with Gasteiger partial charge in [-0.2, -0.15) is 5.10 Å². The van der Waals surface area contributed by atoms with Gasteiger partial charge in [0.2, 0.25) is 5.91 Å². The summed E-state index contributed by atoms with van der Waals surface area (Å²) in [6, 6.07) is 2.03. The monoisotopic (exact) mass is 420 g/mol. The molecule has 3 heterocycles. The average molecular weight is 421 g/mol. The Bertz CT molecular complexity index is 671. The summed E-state index contributed by atoms with van der Waals surface area (Å²) in [5, 5.41) is 11.7. The molecule has 0 saturated carbocycles. The van der Waals surface area contributed by atoms with Crippen LogP contribution in [0.15, 0.2) is 29.8 Å². The fourth-order valence-electron chi connectivity index (χ4n) is 2.94. The Morgan fingerprint density at radius 3 is 2.96 bits per heavy atom. The lowest BCUT2D eigenvalue weighted by Gasteiger charge is -2.23. The zero-order chi connectivity index (χ0) is 16.8. The summed E-state index contributed by atoms with van der Waals surface area (Å²) in [5.41, 5.74) is 1.15. The first-order valence-corrected chi connectivity index (χ1v) is 9.32. The molecule has 0 spiro atoms. The van der Waals surface area contributed by atoms with E-state index in [0.29, 0.717) is 12.5 Å².